The number of benzene rings is 1. The number of nitrogen functional groups attached to an aromatic ring is 1. The Morgan fingerprint density at radius 3 is 2.38 bits per heavy atom. The Morgan fingerprint density at radius 2 is 1.81 bits per heavy atom. The molecule has 0 spiro atoms. The van der Waals surface area contributed by atoms with Crippen molar-refractivity contribution in [3.63, 3.8) is 0 Å². The van der Waals surface area contributed by atoms with Crippen LogP contribution < -0.4 is 11.1 Å². The molecule has 0 bridgehead atoms. The number of nitrogens with one attached hydrogen (secondary N) is 1. The molecular weight excluding hydrogens is 281 g/mol. The monoisotopic (exact) mass is 296 g/mol. The number of anilines is 3. The molecule has 0 radical (unpaired) electrons. The smallest absolute Gasteiger partial charge is 0.383 e. The first-order chi connectivity index (χ1) is 9.91. The lowest BCUT2D eigenvalue weighted by molar-refractivity contribution is -0.137. The maximum atomic E-state index is 12.5. The van der Waals surface area contributed by atoms with Crippen LogP contribution in [0.15, 0.2) is 30.6 Å². The third-order valence-electron chi connectivity index (χ3n) is 2.95. The van der Waals surface area contributed by atoms with Crippen molar-refractivity contribution in [1.29, 1.82) is 0 Å². The average Bonchev–Trinajstić information content (AvgIpc) is 2.42. The van der Waals surface area contributed by atoms with E-state index in [2.05, 4.69) is 15.3 Å². The molecule has 0 unspecified atom stereocenters. The van der Waals surface area contributed by atoms with Gasteiger partial charge in [-0.15, -0.1) is 0 Å². The fourth-order valence-corrected chi connectivity index (χ4v) is 1.91. The molecule has 4 nitrogen and oxygen atoms in total. The van der Waals surface area contributed by atoms with Gasteiger partial charge >= 0.3 is 6.18 Å². The van der Waals surface area contributed by atoms with Crippen LogP contribution in [0.4, 0.5) is 30.5 Å². The lowest BCUT2D eigenvalue weighted by Gasteiger charge is -2.12. The summed E-state index contributed by atoms with van der Waals surface area (Å²) in [6.07, 6.45) is -1.47. The van der Waals surface area contributed by atoms with E-state index in [-0.39, 0.29) is 0 Å². The second-order valence-corrected chi connectivity index (χ2v) is 4.54. The molecule has 0 aliphatic heterocycles. The Balaban J connectivity index is 2.24. The van der Waals surface area contributed by atoms with Gasteiger partial charge in [0.2, 0.25) is 0 Å². The number of nitrogens with zero attached hydrogens (tertiary/aromatic N) is 2. The van der Waals surface area contributed by atoms with E-state index >= 15 is 0 Å². The third kappa shape index (κ3) is 3.62. The zero-order valence-electron chi connectivity index (χ0n) is 11.4. The molecule has 0 aliphatic rings. The average molecular weight is 296 g/mol. The van der Waals surface area contributed by atoms with Gasteiger partial charge in [-0.05, 0) is 30.7 Å². The summed E-state index contributed by atoms with van der Waals surface area (Å²) in [5.74, 6) is 0.894. The Bertz CT molecular complexity index is 609. The van der Waals surface area contributed by atoms with E-state index in [4.69, 9.17) is 5.73 Å². The van der Waals surface area contributed by atoms with Gasteiger partial charge in [-0.2, -0.15) is 13.2 Å². The highest BCUT2D eigenvalue weighted by atomic mass is 19.4. The van der Waals surface area contributed by atoms with Crippen LogP contribution in [0.2, 0.25) is 0 Å². The van der Waals surface area contributed by atoms with Crippen LogP contribution in [0, 0.1) is 0 Å². The zero-order chi connectivity index (χ0) is 15.5. The molecule has 0 amide bonds. The number of rotatable bonds is 4. The third-order valence-corrected chi connectivity index (χ3v) is 2.95. The Morgan fingerprint density at radius 1 is 1.14 bits per heavy atom. The van der Waals surface area contributed by atoms with Crippen molar-refractivity contribution in [2.75, 3.05) is 11.1 Å². The lowest BCUT2D eigenvalue weighted by Crippen LogP contribution is -2.06. The number of halogens is 3. The molecule has 0 saturated carbocycles. The van der Waals surface area contributed by atoms with Gasteiger partial charge in [0.25, 0.3) is 0 Å². The molecule has 0 aliphatic carbocycles. The first kappa shape index (κ1) is 15.1. The lowest BCUT2D eigenvalue weighted by atomic mass is 10.1. The first-order valence-electron chi connectivity index (χ1n) is 6.45. The Hall–Kier alpha value is -2.31. The number of hydrogen-bond donors (Lipinski definition) is 2. The molecule has 1 aromatic carbocycles. The van der Waals surface area contributed by atoms with Gasteiger partial charge in [-0.3, -0.25) is 0 Å². The van der Waals surface area contributed by atoms with E-state index < -0.39 is 11.7 Å². The molecule has 21 heavy (non-hydrogen) atoms. The molecule has 0 fully saturated rings. The molecule has 1 aromatic heterocycles. The number of alkyl halides is 3. The van der Waals surface area contributed by atoms with Crippen molar-refractivity contribution in [3.05, 3.63) is 41.7 Å². The minimum Gasteiger partial charge on any atom is -0.383 e. The highest BCUT2D eigenvalue weighted by Crippen LogP contribution is 2.30. The maximum absolute atomic E-state index is 12.5. The number of nitrogens with two attached hydrogens (primary N) is 1. The summed E-state index contributed by atoms with van der Waals surface area (Å²) in [6, 6.07) is 4.76. The fourth-order valence-electron chi connectivity index (χ4n) is 1.91. The summed E-state index contributed by atoms with van der Waals surface area (Å²) >= 11 is 0. The normalized spacial score (nSPS) is 11.4. The Labute approximate surface area is 120 Å². The zero-order valence-corrected chi connectivity index (χ0v) is 11.4. The van der Waals surface area contributed by atoms with E-state index in [1.54, 1.807) is 0 Å². The summed E-state index contributed by atoms with van der Waals surface area (Å²) in [4.78, 5) is 8.02. The molecule has 0 saturated heterocycles. The van der Waals surface area contributed by atoms with Crippen LogP contribution >= 0.6 is 0 Å². The van der Waals surface area contributed by atoms with Gasteiger partial charge in [-0.1, -0.05) is 13.3 Å². The molecule has 7 heteroatoms. The highest BCUT2D eigenvalue weighted by molar-refractivity contribution is 5.63. The van der Waals surface area contributed by atoms with Crippen molar-refractivity contribution in [1.82, 2.24) is 9.97 Å². The minimum absolute atomic E-state index is 0.376. The van der Waals surface area contributed by atoms with E-state index in [1.807, 2.05) is 6.92 Å². The predicted octanol–water partition coefficient (Wildman–Crippen LogP) is 3.77. The van der Waals surface area contributed by atoms with E-state index in [9.17, 15) is 13.2 Å². The summed E-state index contributed by atoms with van der Waals surface area (Å²) in [7, 11) is 0. The van der Waals surface area contributed by atoms with Gasteiger partial charge in [0.05, 0.1) is 5.56 Å². The minimum atomic E-state index is -4.34. The van der Waals surface area contributed by atoms with Gasteiger partial charge < -0.3 is 11.1 Å². The van der Waals surface area contributed by atoms with Crippen molar-refractivity contribution in [3.8, 4) is 0 Å². The molecule has 2 aromatic rings. The second kappa shape index (κ2) is 5.99. The SMILES string of the molecule is CCCc1c(N)ncnc1Nc1ccc(C(F)(F)F)cc1. The molecular formula is C14H15F3N4. The maximum Gasteiger partial charge on any atom is 0.416 e. The predicted molar refractivity (Wildman–Crippen MR) is 75.2 cm³/mol. The molecule has 1 heterocycles. The van der Waals surface area contributed by atoms with Crippen LogP contribution in [-0.4, -0.2) is 9.97 Å². The van der Waals surface area contributed by atoms with Crippen molar-refractivity contribution >= 4 is 17.3 Å². The fraction of sp³-hybridized carbons (Fsp3) is 0.286. The topological polar surface area (TPSA) is 63.8 Å². The van der Waals surface area contributed by atoms with Crippen molar-refractivity contribution in [2.24, 2.45) is 0 Å². The summed E-state index contributed by atoms with van der Waals surface area (Å²) in [5.41, 5.74) is 6.39. The highest BCUT2D eigenvalue weighted by Gasteiger charge is 2.29. The number of aromatic nitrogens is 2. The molecule has 112 valence electrons. The first-order valence-corrected chi connectivity index (χ1v) is 6.45. The van der Waals surface area contributed by atoms with Gasteiger partial charge in [0.1, 0.15) is 18.0 Å². The molecule has 2 rings (SSSR count). The van der Waals surface area contributed by atoms with Crippen molar-refractivity contribution in [2.45, 2.75) is 25.9 Å². The summed E-state index contributed by atoms with van der Waals surface area (Å²) in [6.45, 7) is 1.99. The van der Waals surface area contributed by atoms with Gasteiger partial charge in [-0.25, -0.2) is 9.97 Å². The van der Waals surface area contributed by atoms with Gasteiger partial charge in [0, 0.05) is 11.3 Å². The van der Waals surface area contributed by atoms with E-state index in [0.29, 0.717) is 23.7 Å². The van der Waals surface area contributed by atoms with Gasteiger partial charge in [0.15, 0.2) is 0 Å². The largest absolute Gasteiger partial charge is 0.416 e. The van der Waals surface area contributed by atoms with Crippen molar-refractivity contribution < 1.29 is 13.2 Å². The number of hydrogen-bond acceptors (Lipinski definition) is 4. The molecule has 0 atom stereocenters. The summed E-state index contributed by atoms with van der Waals surface area (Å²) < 4.78 is 37.5. The van der Waals surface area contributed by atoms with Crippen LogP contribution in [-0.2, 0) is 12.6 Å². The molecule has 3 N–H and O–H groups in total. The van der Waals surface area contributed by atoms with E-state index in [0.717, 1.165) is 24.1 Å². The van der Waals surface area contributed by atoms with Crippen LogP contribution in [0.25, 0.3) is 0 Å². The second-order valence-electron chi connectivity index (χ2n) is 4.54. The van der Waals surface area contributed by atoms with E-state index in [1.165, 1.54) is 18.5 Å². The van der Waals surface area contributed by atoms with Crippen LogP contribution in [0.5, 0.6) is 0 Å². The quantitative estimate of drug-likeness (QED) is 0.901. The Kier molecular flexibility index (Phi) is 4.30. The van der Waals surface area contributed by atoms with Crippen LogP contribution in [0.3, 0.4) is 0 Å². The standard InChI is InChI=1S/C14H15F3N4/c1-2-3-11-12(18)19-8-20-13(11)21-10-6-4-9(5-7-10)14(15,16)17/h4-8H,2-3H2,1H3,(H3,18,19,20,21). The summed E-state index contributed by atoms with van der Waals surface area (Å²) in [5, 5.41) is 2.98. The van der Waals surface area contributed by atoms with Crippen LogP contribution in [0.1, 0.15) is 24.5 Å².